The van der Waals surface area contributed by atoms with Crippen molar-refractivity contribution in [2.75, 3.05) is 19.8 Å². The molecule has 2 N–H and O–H groups in total. The Morgan fingerprint density at radius 3 is 2.07 bits per heavy atom. The molecule has 0 aliphatic heterocycles. The van der Waals surface area contributed by atoms with Gasteiger partial charge in [-0.25, -0.2) is 0 Å². The summed E-state index contributed by atoms with van der Waals surface area (Å²) in [6, 6.07) is 0. The number of ether oxygens (including phenoxy) is 2. The van der Waals surface area contributed by atoms with Crippen LogP contribution in [-0.2, 0) is 14.3 Å². The summed E-state index contributed by atoms with van der Waals surface area (Å²) in [5.41, 5.74) is 0. The first-order valence-electron chi connectivity index (χ1n) is 12.2. The number of carbonyl (C=O) groups is 1. The van der Waals surface area contributed by atoms with Crippen LogP contribution in [0.5, 0.6) is 0 Å². The molecule has 5 heteroatoms. The smallest absolute Gasteiger partial charge is 0.305 e. The van der Waals surface area contributed by atoms with E-state index in [9.17, 15) is 9.90 Å². The van der Waals surface area contributed by atoms with E-state index in [0.29, 0.717) is 19.6 Å². The highest BCUT2D eigenvalue weighted by Crippen LogP contribution is 2.18. The predicted molar refractivity (Wildman–Crippen MR) is 119 cm³/mol. The highest BCUT2D eigenvalue weighted by molar-refractivity contribution is 5.69. The minimum Gasteiger partial charge on any atom is -0.466 e. The number of hydrogen-bond acceptors (Lipinski definition) is 5. The van der Waals surface area contributed by atoms with Crippen LogP contribution in [0.4, 0.5) is 0 Å². The summed E-state index contributed by atoms with van der Waals surface area (Å²) in [4.78, 5) is 11.3. The van der Waals surface area contributed by atoms with E-state index >= 15 is 0 Å². The molecule has 0 aromatic rings. The SMILES string of the molecule is CCCCCCCCC(O)C(CCCCCCCC(=O)OCC)OCCCCO. The first kappa shape index (κ1) is 28.4. The van der Waals surface area contributed by atoms with E-state index in [4.69, 9.17) is 14.6 Å². The Bertz CT molecular complexity index is 348. The molecule has 0 spiro atoms. The molecule has 174 valence electrons. The summed E-state index contributed by atoms with van der Waals surface area (Å²) in [7, 11) is 0. The normalized spacial score (nSPS) is 13.4. The third-order valence-corrected chi connectivity index (χ3v) is 5.34. The lowest BCUT2D eigenvalue weighted by molar-refractivity contribution is -0.143. The maximum absolute atomic E-state index is 11.3. The van der Waals surface area contributed by atoms with Crippen LogP contribution in [0.15, 0.2) is 0 Å². The van der Waals surface area contributed by atoms with E-state index in [0.717, 1.165) is 64.2 Å². The summed E-state index contributed by atoms with van der Waals surface area (Å²) in [6.45, 7) is 5.32. The van der Waals surface area contributed by atoms with Gasteiger partial charge in [0.25, 0.3) is 0 Å². The summed E-state index contributed by atoms with van der Waals surface area (Å²) >= 11 is 0. The topological polar surface area (TPSA) is 76.0 Å². The van der Waals surface area contributed by atoms with E-state index in [-0.39, 0.29) is 24.8 Å². The summed E-state index contributed by atoms with van der Waals surface area (Å²) in [6.07, 6.45) is 15.9. The van der Waals surface area contributed by atoms with Gasteiger partial charge in [-0.3, -0.25) is 4.79 Å². The van der Waals surface area contributed by atoms with Gasteiger partial charge in [0.1, 0.15) is 0 Å². The van der Waals surface area contributed by atoms with Crippen molar-refractivity contribution in [3.8, 4) is 0 Å². The van der Waals surface area contributed by atoms with Crippen molar-refractivity contribution in [3.63, 3.8) is 0 Å². The summed E-state index contributed by atoms with van der Waals surface area (Å²) in [5.74, 6) is -0.0957. The average molecular weight is 417 g/mol. The van der Waals surface area contributed by atoms with E-state index < -0.39 is 0 Å². The zero-order valence-electron chi connectivity index (χ0n) is 19.2. The Kier molecular flexibility index (Phi) is 21.6. The number of aliphatic hydroxyl groups excluding tert-OH is 2. The molecule has 0 aliphatic rings. The molecular formula is C24H48O5. The van der Waals surface area contributed by atoms with Crippen molar-refractivity contribution in [2.24, 2.45) is 0 Å². The van der Waals surface area contributed by atoms with Crippen LogP contribution >= 0.6 is 0 Å². The highest BCUT2D eigenvalue weighted by Gasteiger charge is 2.19. The quantitative estimate of drug-likeness (QED) is 0.179. The molecule has 0 aliphatic carbocycles. The Hall–Kier alpha value is -0.650. The molecule has 0 aromatic heterocycles. The number of unbranched alkanes of at least 4 members (excludes halogenated alkanes) is 10. The fourth-order valence-electron chi connectivity index (χ4n) is 3.53. The van der Waals surface area contributed by atoms with E-state index in [1.807, 2.05) is 6.92 Å². The standard InChI is InChI=1S/C24H48O5/c1-3-5-6-7-9-12-17-22(26)23(29-21-16-15-20-25)18-13-10-8-11-14-19-24(27)28-4-2/h22-23,25-26H,3-21H2,1-2H3. The number of rotatable bonds is 22. The molecule has 2 atom stereocenters. The molecule has 5 nitrogen and oxygen atoms in total. The van der Waals surface area contributed by atoms with Crippen molar-refractivity contribution in [3.05, 3.63) is 0 Å². The predicted octanol–water partition coefficient (Wildman–Crippen LogP) is 5.55. The van der Waals surface area contributed by atoms with Crippen LogP contribution in [0.2, 0.25) is 0 Å². The molecule has 29 heavy (non-hydrogen) atoms. The number of esters is 1. The lowest BCUT2D eigenvalue weighted by atomic mass is 9.99. The van der Waals surface area contributed by atoms with Gasteiger partial charge in [0.05, 0.1) is 18.8 Å². The second-order valence-corrected chi connectivity index (χ2v) is 8.08. The number of carbonyl (C=O) groups excluding carboxylic acids is 1. The zero-order valence-corrected chi connectivity index (χ0v) is 19.2. The maximum Gasteiger partial charge on any atom is 0.305 e. The Morgan fingerprint density at radius 1 is 0.793 bits per heavy atom. The molecule has 0 heterocycles. The second kappa shape index (κ2) is 22.0. The minimum atomic E-state index is -0.390. The van der Waals surface area contributed by atoms with Gasteiger partial charge in [-0.15, -0.1) is 0 Å². The van der Waals surface area contributed by atoms with Crippen LogP contribution in [0.25, 0.3) is 0 Å². The van der Waals surface area contributed by atoms with Crippen molar-refractivity contribution < 1.29 is 24.5 Å². The third-order valence-electron chi connectivity index (χ3n) is 5.34. The molecule has 0 fully saturated rings. The molecule has 0 saturated heterocycles. The molecule has 0 aromatic carbocycles. The van der Waals surface area contributed by atoms with Crippen molar-refractivity contribution in [1.82, 2.24) is 0 Å². The number of hydrogen-bond donors (Lipinski definition) is 2. The largest absolute Gasteiger partial charge is 0.466 e. The maximum atomic E-state index is 11.3. The van der Waals surface area contributed by atoms with Crippen molar-refractivity contribution in [2.45, 2.75) is 129 Å². The first-order valence-corrected chi connectivity index (χ1v) is 12.2. The molecule has 0 radical (unpaired) electrons. The average Bonchev–Trinajstić information content (AvgIpc) is 2.71. The summed E-state index contributed by atoms with van der Waals surface area (Å²) in [5, 5.41) is 19.5. The zero-order chi connectivity index (χ0) is 21.6. The van der Waals surface area contributed by atoms with E-state index in [2.05, 4.69) is 6.92 Å². The van der Waals surface area contributed by atoms with Crippen LogP contribution < -0.4 is 0 Å². The Morgan fingerprint density at radius 2 is 1.41 bits per heavy atom. The van der Waals surface area contributed by atoms with Crippen molar-refractivity contribution in [1.29, 1.82) is 0 Å². The third kappa shape index (κ3) is 19.1. The van der Waals surface area contributed by atoms with Crippen LogP contribution in [0.1, 0.15) is 117 Å². The molecule has 0 saturated carbocycles. The second-order valence-electron chi connectivity index (χ2n) is 8.08. The first-order chi connectivity index (χ1) is 14.2. The van der Waals surface area contributed by atoms with Crippen LogP contribution in [-0.4, -0.2) is 48.2 Å². The van der Waals surface area contributed by atoms with Gasteiger partial charge < -0.3 is 19.7 Å². The molecular weight excluding hydrogens is 368 g/mol. The van der Waals surface area contributed by atoms with Gasteiger partial charge in [0.2, 0.25) is 0 Å². The molecule has 0 amide bonds. The molecule has 2 unspecified atom stereocenters. The van der Waals surface area contributed by atoms with Gasteiger partial charge in [-0.2, -0.15) is 0 Å². The fourth-order valence-corrected chi connectivity index (χ4v) is 3.53. The highest BCUT2D eigenvalue weighted by atomic mass is 16.5. The Labute approximate surface area is 179 Å². The van der Waals surface area contributed by atoms with Gasteiger partial charge in [0, 0.05) is 19.6 Å². The molecule has 0 bridgehead atoms. The van der Waals surface area contributed by atoms with Gasteiger partial charge in [-0.05, 0) is 39.0 Å². The van der Waals surface area contributed by atoms with E-state index in [1.165, 1.54) is 32.1 Å². The van der Waals surface area contributed by atoms with Crippen LogP contribution in [0, 0.1) is 0 Å². The Balaban J connectivity index is 3.98. The van der Waals surface area contributed by atoms with Gasteiger partial charge >= 0.3 is 5.97 Å². The fraction of sp³-hybridized carbons (Fsp3) is 0.958. The number of aliphatic hydroxyl groups is 2. The van der Waals surface area contributed by atoms with Crippen LogP contribution in [0.3, 0.4) is 0 Å². The van der Waals surface area contributed by atoms with Gasteiger partial charge in [-0.1, -0.05) is 71.1 Å². The molecule has 0 rings (SSSR count). The van der Waals surface area contributed by atoms with Crippen molar-refractivity contribution >= 4 is 5.97 Å². The van der Waals surface area contributed by atoms with Gasteiger partial charge in [0.15, 0.2) is 0 Å². The summed E-state index contributed by atoms with van der Waals surface area (Å²) < 4.78 is 10.9. The lowest BCUT2D eigenvalue weighted by Crippen LogP contribution is -2.29. The monoisotopic (exact) mass is 416 g/mol. The lowest BCUT2D eigenvalue weighted by Gasteiger charge is -2.23. The minimum absolute atomic E-state index is 0.0936. The van der Waals surface area contributed by atoms with E-state index in [1.54, 1.807) is 0 Å².